The van der Waals surface area contributed by atoms with Gasteiger partial charge in [-0.05, 0) is 41.3 Å². The molecule has 0 atom stereocenters. The SMILES string of the molecule is CC/C(=C\CN(C)C(=O)Nc1ccc(CF)cc1)c1ncc(CC(=O)N=O)cc1Cl. The van der Waals surface area contributed by atoms with Gasteiger partial charge in [0.1, 0.15) is 6.67 Å². The highest BCUT2D eigenvalue weighted by Gasteiger charge is 2.12. The molecule has 2 aromatic rings. The van der Waals surface area contributed by atoms with E-state index in [1.54, 1.807) is 37.4 Å². The molecule has 1 N–H and O–H groups in total. The van der Waals surface area contributed by atoms with Crippen LogP contribution in [0.2, 0.25) is 5.02 Å². The summed E-state index contributed by atoms with van der Waals surface area (Å²) in [5.41, 5.74) is 2.99. The molecule has 0 fully saturated rings. The van der Waals surface area contributed by atoms with Gasteiger partial charge in [0.15, 0.2) is 0 Å². The van der Waals surface area contributed by atoms with Gasteiger partial charge in [-0.25, -0.2) is 9.18 Å². The number of alkyl halides is 1. The predicted molar refractivity (Wildman–Crippen MR) is 115 cm³/mol. The number of nitrogens with zero attached hydrogens (tertiary/aromatic N) is 3. The van der Waals surface area contributed by atoms with Crippen molar-refractivity contribution in [2.24, 2.45) is 5.18 Å². The zero-order chi connectivity index (χ0) is 22.1. The number of urea groups is 1. The van der Waals surface area contributed by atoms with E-state index in [-0.39, 0.29) is 12.5 Å². The number of carbonyl (C=O) groups is 2. The van der Waals surface area contributed by atoms with Gasteiger partial charge < -0.3 is 10.2 Å². The first-order valence-corrected chi connectivity index (χ1v) is 9.62. The number of anilines is 1. The Kier molecular flexibility index (Phi) is 8.61. The third kappa shape index (κ3) is 6.45. The Balaban J connectivity index is 2.05. The van der Waals surface area contributed by atoms with Crippen molar-refractivity contribution in [3.8, 4) is 0 Å². The van der Waals surface area contributed by atoms with Gasteiger partial charge in [0.05, 0.1) is 17.1 Å². The van der Waals surface area contributed by atoms with E-state index < -0.39 is 12.6 Å². The van der Waals surface area contributed by atoms with Crippen molar-refractivity contribution in [1.82, 2.24) is 9.88 Å². The Hall–Kier alpha value is -3.13. The fraction of sp³-hybridized carbons (Fsp3) is 0.286. The fourth-order valence-electron chi connectivity index (χ4n) is 2.65. The van der Waals surface area contributed by atoms with E-state index in [1.165, 1.54) is 11.1 Å². The molecule has 0 aliphatic carbocycles. The van der Waals surface area contributed by atoms with Crippen molar-refractivity contribution >= 4 is 34.8 Å². The van der Waals surface area contributed by atoms with Gasteiger partial charge in [0.2, 0.25) is 0 Å². The lowest BCUT2D eigenvalue weighted by Crippen LogP contribution is -2.31. The third-order valence-corrected chi connectivity index (χ3v) is 4.65. The number of hydrogen-bond acceptors (Lipinski definition) is 4. The molecule has 0 unspecified atom stereocenters. The summed E-state index contributed by atoms with van der Waals surface area (Å²) in [7, 11) is 1.64. The van der Waals surface area contributed by atoms with E-state index in [0.717, 1.165) is 5.57 Å². The maximum atomic E-state index is 12.6. The van der Waals surface area contributed by atoms with Crippen LogP contribution in [-0.2, 0) is 17.9 Å². The molecule has 0 radical (unpaired) electrons. The molecule has 1 aromatic heterocycles. The normalized spacial score (nSPS) is 11.1. The van der Waals surface area contributed by atoms with Crippen LogP contribution < -0.4 is 5.32 Å². The van der Waals surface area contributed by atoms with Gasteiger partial charge in [0, 0.05) is 30.7 Å². The van der Waals surface area contributed by atoms with Gasteiger partial charge in [-0.1, -0.05) is 36.7 Å². The minimum atomic E-state index is -0.793. The van der Waals surface area contributed by atoms with Crippen molar-refractivity contribution in [3.63, 3.8) is 0 Å². The van der Waals surface area contributed by atoms with Crippen LogP contribution in [0.3, 0.4) is 0 Å². The molecule has 0 aliphatic rings. The zero-order valence-electron chi connectivity index (χ0n) is 16.7. The summed E-state index contributed by atoms with van der Waals surface area (Å²) in [4.78, 5) is 39.5. The number of nitrogens with one attached hydrogen (secondary N) is 1. The van der Waals surface area contributed by atoms with Gasteiger partial charge in [-0.15, -0.1) is 4.91 Å². The predicted octanol–water partition coefficient (Wildman–Crippen LogP) is 5.00. The van der Waals surface area contributed by atoms with Crippen LogP contribution in [0.4, 0.5) is 14.9 Å². The number of allylic oxidation sites excluding steroid dienone is 1. The molecule has 0 aliphatic heterocycles. The van der Waals surface area contributed by atoms with E-state index in [0.29, 0.717) is 40.5 Å². The summed E-state index contributed by atoms with van der Waals surface area (Å²) >= 11 is 6.30. The molecule has 1 aromatic carbocycles. The highest BCUT2D eigenvalue weighted by atomic mass is 35.5. The lowest BCUT2D eigenvalue weighted by atomic mass is 10.1. The van der Waals surface area contributed by atoms with Crippen molar-refractivity contribution in [2.45, 2.75) is 26.4 Å². The standard InChI is InChI=1S/C21H22ClFN4O3/c1-3-16(20-18(22)10-15(13-24-20)11-19(28)26-30)8-9-27(2)21(29)25-17-6-4-14(12-23)5-7-17/h4-8,10,13H,3,9,11-12H2,1-2H3,(H,25,29)/b16-8+. The number of carbonyl (C=O) groups excluding carboxylic acids is 2. The van der Waals surface area contributed by atoms with Gasteiger partial charge in [0.25, 0.3) is 5.91 Å². The van der Waals surface area contributed by atoms with Crippen molar-refractivity contribution in [3.05, 3.63) is 69.4 Å². The van der Waals surface area contributed by atoms with Gasteiger partial charge in [-0.3, -0.25) is 9.78 Å². The number of pyridine rings is 1. The second-order valence-corrected chi connectivity index (χ2v) is 6.97. The number of nitroso groups, excluding NO2 is 1. The lowest BCUT2D eigenvalue weighted by molar-refractivity contribution is -0.117. The van der Waals surface area contributed by atoms with Crippen LogP contribution in [0.15, 0.2) is 47.8 Å². The number of hydrogen-bond donors (Lipinski definition) is 1. The van der Waals surface area contributed by atoms with Gasteiger partial charge >= 0.3 is 6.03 Å². The van der Waals surface area contributed by atoms with E-state index in [2.05, 4.69) is 15.5 Å². The average Bonchev–Trinajstić information content (AvgIpc) is 2.75. The average molecular weight is 433 g/mol. The van der Waals surface area contributed by atoms with Crippen LogP contribution >= 0.6 is 11.6 Å². The minimum absolute atomic E-state index is 0.156. The first-order valence-electron chi connectivity index (χ1n) is 9.25. The molecule has 0 saturated heterocycles. The number of halogens is 2. The maximum absolute atomic E-state index is 12.6. The highest BCUT2D eigenvalue weighted by molar-refractivity contribution is 6.32. The Morgan fingerprint density at radius 1 is 1.27 bits per heavy atom. The van der Waals surface area contributed by atoms with Crippen LogP contribution in [0.1, 0.15) is 30.2 Å². The molecule has 30 heavy (non-hydrogen) atoms. The Morgan fingerprint density at radius 3 is 2.53 bits per heavy atom. The smallest absolute Gasteiger partial charge is 0.321 e. The summed E-state index contributed by atoms with van der Waals surface area (Å²) in [6.45, 7) is 1.69. The monoisotopic (exact) mass is 432 g/mol. The minimum Gasteiger partial charge on any atom is -0.324 e. The number of benzene rings is 1. The molecule has 0 saturated carbocycles. The van der Waals surface area contributed by atoms with E-state index in [1.807, 2.05) is 13.0 Å². The Bertz CT molecular complexity index is 948. The molecule has 0 spiro atoms. The summed E-state index contributed by atoms with van der Waals surface area (Å²) in [6.07, 6.45) is 3.79. The lowest BCUT2D eigenvalue weighted by Gasteiger charge is -2.17. The summed E-state index contributed by atoms with van der Waals surface area (Å²) < 4.78 is 12.6. The number of amides is 3. The number of aromatic nitrogens is 1. The maximum Gasteiger partial charge on any atom is 0.321 e. The summed E-state index contributed by atoms with van der Waals surface area (Å²) in [5.74, 6) is -0.793. The summed E-state index contributed by atoms with van der Waals surface area (Å²) in [6, 6.07) is 7.77. The van der Waals surface area contributed by atoms with E-state index in [4.69, 9.17) is 11.6 Å². The first-order chi connectivity index (χ1) is 14.4. The van der Waals surface area contributed by atoms with Crippen LogP contribution in [-0.4, -0.2) is 35.4 Å². The second-order valence-electron chi connectivity index (χ2n) is 6.56. The van der Waals surface area contributed by atoms with Crippen molar-refractivity contribution in [2.75, 3.05) is 18.9 Å². The van der Waals surface area contributed by atoms with Crippen LogP contribution in [0, 0.1) is 4.91 Å². The zero-order valence-corrected chi connectivity index (χ0v) is 17.4. The van der Waals surface area contributed by atoms with E-state index in [9.17, 15) is 18.9 Å². The Morgan fingerprint density at radius 2 is 1.97 bits per heavy atom. The highest BCUT2D eigenvalue weighted by Crippen LogP contribution is 2.25. The topological polar surface area (TPSA) is 91.7 Å². The Labute approximate surface area is 178 Å². The molecule has 2 rings (SSSR count). The number of rotatable bonds is 8. The third-order valence-electron chi connectivity index (χ3n) is 4.36. The first kappa shape index (κ1) is 23.2. The quantitative estimate of drug-likeness (QED) is 0.594. The molecule has 1 heterocycles. The fourth-order valence-corrected chi connectivity index (χ4v) is 2.96. The molecule has 158 valence electrons. The van der Waals surface area contributed by atoms with Crippen molar-refractivity contribution < 1.29 is 14.0 Å². The van der Waals surface area contributed by atoms with Crippen molar-refractivity contribution in [1.29, 1.82) is 0 Å². The number of likely N-dealkylation sites (N-methyl/N-ethyl adjacent to an activating group) is 1. The van der Waals surface area contributed by atoms with Crippen LogP contribution in [0.25, 0.3) is 5.57 Å². The molecule has 3 amide bonds. The second kappa shape index (κ2) is 11.2. The van der Waals surface area contributed by atoms with Crippen LogP contribution in [0.5, 0.6) is 0 Å². The van der Waals surface area contributed by atoms with Gasteiger partial charge in [-0.2, -0.15) is 0 Å². The van der Waals surface area contributed by atoms with E-state index >= 15 is 0 Å². The molecular weight excluding hydrogens is 411 g/mol. The molecule has 0 bridgehead atoms. The molecule has 7 nitrogen and oxygen atoms in total. The molecular formula is C21H22ClFN4O3. The molecule has 9 heteroatoms. The largest absolute Gasteiger partial charge is 0.324 e. The summed E-state index contributed by atoms with van der Waals surface area (Å²) in [5, 5.41) is 5.45.